The van der Waals surface area contributed by atoms with Gasteiger partial charge in [-0.15, -0.1) is 20.5 Å². The van der Waals surface area contributed by atoms with Crippen LogP contribution >= 0.6 is 0 Å². The molecule has 6 aromatic rings. The molecule has 0 fully saturated rings. The number of hydrogen-bond donors (Lipinski definition) is 2. The number of benzene rings is 6. The molecule has 0 amide bonds. The van der Waals surface area contributed by atoms with Gasteiger partial charge in [0.1, 0.15) is 11.5 Å². The van der Waals surface area contributed by atoms with E-state index in [1.54, 1.807) is 24.3 Å². The first kappa shape index (κ1) is 21.4. The molecule has 6 heteroatoms. The summed E-state index contributed by atoms with van der Waals surface area (Å²) in [6.07, 6.45) is 0. The summed E-state index contributed by atoms with van der Waals surface area (Å²) in [7, 11) is 0. The minimum absolute atomic E-state index is 0.214. The van der Waals surface area contributed by atoms with Gasteiger partial charge in [0.25, 0.3) is 0 Å². The highest BCUT2D eigenvalue weighted by Crippen LogP contribution is 2.38. The molecule has 0 aromatic heterocycles. The number of rotatable bonds is 4. The third-order valence-corrected chi connectivity index (χ3v) is 6.16. The van der Waals surface area contributed by atoms with Crippen molar-refractivity contribution in [2.45, 2.75) is 0 Å². The summed E-state index contributed by atoms with van der Waals surface area (Å²) in [6.45, 7) is 0. The maximum Gasteiger partial charge on any atom is 0.123 e. The fourth-order valence-electron chi connectivity index (χ4n) is 4.38. The first-order valence-electron chi connectivity index (χ1n) is 11.5. The van der Waals surface area contributed by atoms with Gasteiger partial charge in [-0.05, 0) is 36.4 Å². The van der Waals surface area contributed by atoms with Crippen LogP contribution in [0.5, 0.6) is 11.5 Å². The lowest BCUT2D eigenvalue weighted by molar-refractivity contribution is 0.481. The number of phenols is 2. The molecule has 6 rings (SSSR count). The topological polar surface area (TPSA) is 89.9 Å². The maximum absolute atomic E-state index is 10.2. The Labute approximate surface area is 206 Å². The molecule has 6 aromatic carbocycles. The molecule has 6 nitrogen and oxygen atoms in total. The summed E-state index contributed by atoms with van der Waals surface area (Å²) in [5, 5.41) is 43.3. The van der Waals surface area contributed by atoms with Gasteiger partial charge in [0.05, 0.1) is 22.7 Å². The molecule has 0 spiro atoms. The second kappa shape index (κ2) is 8.92. The van der Waals surface area contributed by atoms with Gasteiger partial charge < -0.3 is 10.2 Å². The lowest BCUT2D eigenvalue weighted by Crippen LogP contribution is -1.77. The van der Waals surface area contributed by atoms with Crippen molar-refractivity contribution in [2.75, 3.05) is 0 Å². The van der Waals surface area contributed by atoms with Gasteiger partial charge in [0, 0.05) is 32.3 Å². The molecular weight excluding hydrogens is 448 g/mol. The van der Waals surface area contributed by atoms with Crippen LogP contribution in [-0.4, -0.2) is 10.2 Å². The maximum atomic E-state index is 10.2. The van der Waals surface area contributed by atoms with E-state index in [0.29, 0.717) is 22.7 Å². The number of phenolic OH excluding ortho intramolecular Hbond substituents is 2. The fraction of sp³-hybridized carbons (Fsp3) is 0. The second-order valence-corrected chi connectivity index (χ2v) is 8.35. The van der Waals surface area contributed by atoms with Crippen LogP contribution in [0.3, 0.4) is 0 Å². The zero-order valence-electron chi connectivity index (χ0n) is 19.1. The molecule has 0 aliphatic rings. The number of hydrogen-bond acceptors (Lipinski definition) is 6. The molecule has 0 aliphatic heterocycles. The van der Waals surface area contributed by atoms with E-state index in [4.69, 9.17) is 0 Å². The third kappa shape index (κ3) is 3.80. The van der Waals surface area contributed by atoms with Crippen LogP contribution in [0.1, 0.15) is 0 Å². The van der Waals surface area contributed by atoms with Gasteiger partial charge in [-0.25, -0.2) is 0 Å². The molecule has 36 heavy (non-hydrogen) atoms. The lowest BCUT2D eigenvalue weighted by Gasteiger charge is -2.06. The number of azo groups is 2. The minimum Gasteiger partial charge on any atom is -0.507 e. The van der Waals surface area contributed by atoms with Crippen molar-refractivity contribution in [3.63, 3.8) is 0 Å². The molecule has 172 valence electrons. The summed E-state index contributed by atoms with van der Waals surface area (Å²) in [4.78, 5) is 0. The van der Waals surface area contributed by atoms with E-state index in [1.807, 2.05) is 84.9 Å². The van der Waals surface area contributed by atoms with Crippen LogP contribution in [0, 0.1) is 0 Å². The Kier molecular flexibility index (Phi) is 5.31. The normalized spacial score (nSPS) is 11.9. The Morgan fingerprint density at radius 3 is 1.03 bits per heavy atom. The van der Waals surface area contributed by atoms with Crippen molar-refractivity contribution >= 4 is 55.1 Å². The van der Waals surface area contributed by atoms with Crippen LogP contribution in [0.2, 0.25) is 0 Å². The first-order valence-corrected chi connectivity index (χ1v) is 11.5. The molecular formula is C30H20N4O2. The Bertz CT molecular complexity index is 1690. The summed E-state index contributed by atoms with van der Waals surface area (Å²) in [5.74, 6) is 0.428. The molecule has 0 bridgehead atoms. The number of fused-ring (bicyclic) bond motifs is 3. The number of nitrogens with zero attached hydrogens (tertiary/aromatic N) is 4. The van der Waals surface area contributed by atoms with E-state index in [1.165, 1.54) is 0 Å². The average Bonchev–Trinajstić information content (AvgIpc) is 2.93. The molecule has 0 saturated heterocycles. The van der Waals surface area contributed by atoms with Crippen LogP contribution in [0.25, 0.3) is 32.3 Å². The zero-order chi connectivity index (χ0) is 24.5. The van der Waals surface area contributed by atoms with E-state index in [9.17, 15) is 10.2 Å². The average molecular weight is 469 g/mol. The van der Waals surface area contributed by atoms with E-state index >= 15 is 0 Å². The van der Waals surface area contributed by atoms with Crippen molar-refractivity contribution in [1.29, 1.82) is 0 Å². The SMILES string of the molecule is Oc1ccc(N=Nc2cccc3c(N=Nc4ccc(O)c5ccccc45)cccc23)c2ccccc12. The molecule has 2 N–H and O–H groups in total. The predicted octanol–water partition coefficient (Wildman–Crippen LogP) is 9.39. The van der Waals surface area contributed by atoms with E-state index < -0.39 is 0 Å². The Morgan fingerprint density at radius 2 is 0.611 bits per heavy atom. The van der Waals surface area contributed by atoms with Gasteiger partial charge in [-0.3, -0.25) is 0 Å². The largest absolute Gasteiger partial charge is 0.507 e. The van der Waals surface area contributed by atoms with Crippen molar-refractivity contribution < 1.29 is 10.2 Å². The van der Waals surface area contributed by atoms with Gasteiger partial charge in [-0.2, -0.15) is 0 Å². The van der Waals surface area contributed by atoms with Gasteiger partial charge >= 0.3 is 0 Å². The molecule has 0 unspecified atom stereocenters. The smallest absolute Gasteiger partial charge is 0.123 e. The van der Waals surface area contributed by atoms with E-state index in [-0.39, 0.29) is 11.5 Å². The molecule has 0 aliphatic carbocycles. The Balaban J connectivity index is 1.40. The zero-order valence-corrected chi connectivity index (χ0v) is 19.1. The van der Waals surface area contributed by atoms with Crippen molar-refractivity contribution in [3.05, 3.63) is 109 Å². The molecule has 0 atom stereocenters. The Hall–Kier alpha value is -5.10. The van der Waals surface area contributed by atoms with Gasteiger partial charge in [0.2, 0.25) is 0 Å². The minimum atomic E-state index is 0.214. The van der Waals surface area contributed by atoms with E-state index in [0.717, 1.165) is 32.3 Å². The third-order valence-electron chi connectivity index (χ3n) is 6.16. The lowest BCUT2D eigenvalue weighted by atomic mass is 10.1. The molecule has 0 saturated carbocycles. The second-order valence-electron chi connectivity index (χ2n) is 8.35. The van der Waals surface area contributed by atoms with Crippen molar-refractivity contribution in [1.82, 2.24) is 0 Å². The van der Waals surface area contributed by atoms with Crippen LogP contribution in [0.4, 0.5) is 22.7 Å². The van der Waals surface area contributed by atoms with Crippen LogP contribution in [-0.2, 0) is 0 Å². The van der Waals surface area contributed by atoms with Crippen molar-refractivity contribution in [2.24, 2.45) is 20.5 Å². The highest BCUT2D eigenvalue weighted by Gasteiger charge is 2.08. The van der Waals surface area contributed by atoms with Crippen molar-refractivity contribution in [3.8, 4) is 11.5 Å². The van der Waals surface area contributed by atoms with E-state index in [2.05, 4.69) is 20.5 Å². The summed E-state index contributed by atoms with van der Waals surface area (Å²) < 4.78 is 0. The van der Waals surface area contributed by atoms with Gasteiger partial charge in [0.15, 0.2) is 0 Å². The molecule has 0 heterocycles. The van der Waals surface area contributed by atoms with Crippen LogP contribution in [0.15, 0.2) is 130 Å². The highest BCUT2D eigenvalue weighted by molar-refractivity contribution is 6.00. The summed E-state index contributed by atoms with van der Waals surface area (Å²) in [6, 6.07) is 33.5. The Morgan fingerprint density at radius 1 is 0.306 bits per heavy atom. The summed E-state index contributed by atoms with van der Waals surface area (Å²) in [5.41, 5.74) is 2.76. The van der Waals surface area contributed by atoms with Gasteiger partial charge in [-0.1, -0.05) is 72.8 Å². The van der Waals surface area contributed by atoms with Crippen LogP contribution < -0.4 is 0 Å². The quantitative estimate of drug-likeness (QED) is 0.252. The highest BCUT2D eigenvalue weighted by atomic mass is 16.3. The standard InChI is InChI=1S/C30H20N4O2/c35-29-17-15-27(21-7-1-3-9-23(21)29)33-31-25-13-5-12-20-19(25)11-6-14-26(20)32-34-28-16-18-30(36)24-10-4-2-8-22(24)28/h1-18,35-36H. The monoisotopic (exact) mass is 468 g/mol. The first-order chi connectivity index (χ1) is 17.7. The number of aromatic hydroxyl groups is 2. The molecule has 0 radical (unpaired) electrons. The predicted molar refractivity (Wildman–Crippen MR) is 144 cm³/mol. The summed E-state index contributed by atoms with van der Waals surface area (Å²) >= 11 is 0. The fourth-order valence-corrected chi connectivity index (χ4v) is 4.38.